The first kappa shape index (κ1) is 19.8. The Morgan fingerprint density at radius 1 is 1.32 bits per heavy atom. The van der Waals surface area contributed by atoms with Gasteiger partial charge in [0.25, 0.3) is 5.56 Å². The van der Waals surface area contributed by atoms with Crippen molar-refractivity contribution in [2.45, 2.75) is 26.9 Å². The third-order valence-corrected chi connectivity index (χ3v) is 5.71. The Hall–Kier alpha value is -2.93. The molecular formula is C21H23N3O3S. The van der Waals surface area contributed by atoms with Crippen molar-refractivity contribution in [3.05, 3.63) is 69.6 Å². The summed E-state index contributed by atoms with van der Waals surface area (Å²) in [6.07, 6.45) is 3.14. The first-order valence-electron chi connectivity index (χ1n) is 8.92. The fraction of sp³-hybridized carbons (Fsp3) is 0.286. The van der Waals surface area contributed by atoms with Crippen LogP contribution in [0.4, 0.5) is 0 Å². The number of carbonyl (C=O) groups is 1. The Labute approximate surface area is 167 Å². The summed E-state index contributed by atoms with van der Waals surface area (Å²) in [6.45, 7) is 8.37. The number of hydrogen-bond acceptors (Lipinski definition) is 5. The molecule has 0 radical (unpaired) electrons. The molecule has 1 amide bonds. The second-order valence-corrected chi connectivity index (χ2v) is 7.84. The molecule has 2 aromatic heterocycles. The molecule has 0 spiro atoms. The van der Waals surface area contributed by atoms with E-state index in [-0.39, 0.29) is 18.0 Å². The van der Waals surface area contributed by atoms with Crippen LogP contribution in [0.5, 0.6) is 5.75 Å². The third kappa shape index (κ3) is 4.14. The van der Waals surface area contributed by atoms with Crippen LogP contribution in [-0.4, -0.2) is 34.0 Å². The Morgan fingerprint density at radius 2 is 2.04 bits per heavy atom. The number of aryl methyl sites for hydroxylation is 2. The lowest BCUT2D eigenvalue weighted by Gasteiger charge is -2.18. The highest BCUT2D eigenvalue weighted by Gasteiger charge is 2.15. The number of fused-ring (bicyclic) bond motifs is 1. The van der Waals surface area contributed by atoms with Crippen molar-refractivity contribution >= 4 is 27.5 Å². The average Bonchev–Trinajstić information content (AvgIpc) is 2.98. The van der Waals surface area contributed by atoms with Gasteiger partial charge in [-0.05, 0) is 37.1 Å². The average molecular weight is 398 g/mol. The summed E-state index contributed by atoms with van der Waals surface area (Å²) in [5, 5.41) is 0.607. The summed E-state index contributed by atoms with van der Waals surface area (Å²) in [7, 11) is 1.72. The van der Waals surface area contributed by atoms with Crippen LogP contribution in [0.2, 0.25) is 0 Å². The molecule has 0 aliphatic carbocycles. The van der Waals surface area contributed by atoms with E-state index in [0.29, 0.717) is 18.5 Å². The standard InChI is InChI=1S/C21H23N3O3S/c1-5-10-27-17-8-6-16(7-9-17)11-23(4)18(25)12-24-13-22-20-19(21(24)26)14(2)15(3)28-20/h5-9,13H,1,10-12H2,2-4H3. The van der Waals surface area contributed by atoms with E-state index in [1.54, 1.807) is 18.0 Å². The van der Waals surface area contributed by atoms with Gasteiger partial charge < -0.3 is 9.64 Å². The molecule has 0 unspecified atom stereocenters. The molecule has 3 aromatic rings. The van der Waals surface area contributed by atoms with E-state index >= 15 is 0 Å². The molecule has 6 nitrogen and oxygen atoms in total. The van der Waals surface area contributed by atoms with Gasteiger partial charge in [0.1, 0.15) is 23.7 Å². The highest BCUT2D eigenvalue weighted by Crippen LogP contribution is 2.25. The number of benzene rings is 1. The first-order valence-corrected chi connectivity index (χ1v) is 9.74. The molecule has 0 aliphatic heterocycles. The molecule has 146 valence electrons. The van der Waals surface area contributed by atoms with E-state index in [1.807, 2.05) is 38.1 Å². The lowest BCUT2D eigenvalue weighted by molar-refractivity contribution is -0.131. The quantitative estimate of drug-likeness (QED) is 0.574. The maximum absolute atomic E-state index is 12.7. The van der Waals surface area contributed by atoms with Gasteiger partial charge >= 0.3 is 0 Å². The van der Waals surface area contributed by atoms with Gasteiger partial charge in [-0.15, -0.1) is 11.3 Å². The molecule has 2 heterocycles. The van der Waals surface area contributed by atoms with Gasteiger partial charge in [-0.3, -0.25) is 14.2 Å². The normalized spacial score (nSPS) is 10.8. The number of nitrogens with zero attached hydrogens (tertiary/aromatic N) is 3. The Bertz CT molecular complexity index is 1070. The Balaban J connectivity index is 1.70. The second kappa shape index (κ2) is 8.39. The van der Waals surface area contributed by atoms with Crippen molar-refractivity contribution in [1.29, 1.82) is 0 Å². The molecule has 0 aliphatic rings. The SMILES string of the molecule is C=CCOc1ccc(CN(C)C(=O)Cn2cnc3sc(C)c(C)c3c2=O)cc1. The largest absolute Gasteiger partial charge is 0.490 e. The van der Waals surface area contributed by atoms with Crippen LogP contribution in [0, 0.1) is 13.8 Å². The molecule has 1 aromatic carbocycles. The fourth-order valence-electron chi connectivity index (χ4n) is 2.86. The van der Waals surface area contributed by atoms with Crippen LogP contribution in [0.15, 0.2) is 48.0 Å². The fourth-order valence-corrected chi connectivity index (χ4v) is 3.84. The highest BCUT2D eigenvalue weighted by molar-refractivity contribution is 7.18. The van der Waals surface area contributed by atoms with Crippen LogP contribution >= 0.6 is 11.3 Å². The van der Waals surface area contributed by atoms with Crippen molar-refractivity contribution in [3.8, 4) is 5.75 Å². The minimum absolute atomic E-state index is 0.0346. The minimum Gasteiger partial charge on any atom is -0.490 e. The van der Waals surface area contributed by atoms with Crippen LogP contribution in [0.3, 0.4) is 0 Å². The maximum Gasteiger partial charge on any atom is 0.262 e. The van der Waals surface area contributed by atoms with E-state index in [0.717, 1.165) is 26.6 Å². The number of hydrogen-bond donors (Lipinski definition) is 0. The predicted octanol–water partition coefficient (Wildman–Crippen LogP) is 3.30. The van der Waals surface area contributed by atoms with Crippen LogP contribution in [0.25, 0.3) is 10.2 Å². The number of rotatable bonds is 7. The van der Waals surface area contributed by atoms with Gasteiger partial charge in [0.15, 0.2) is 0 Å². The lowest BCUT2D eigenvalue weighted by Crippen LogP contribution is -2.33. The molecule has 0 atom stereocenters. The van der Waals surface area contributed by atoms with Crippen LogP contribution in [0.1, 0.15) is 16.0 Å². The van der Waals surface area contributed by atoms with Crippen molar-refractivity contribution in [2.24, 2.45) is 0 Å². The summed E-state index contributed by atoms with van der Waals surface area (Å²) in [5.74, 6) is 0.602. The zero-order valence-electron chi connectivity index (χ0n) is 16.3. The summed E-state index contributed by atoms with van der Waals surface area (Å²) in [6, 6.07) is 7.56. The molecular weight excluding hydrogens is 374 g/mol. The van der Waals surface area contributed by atoms with Crippen molar-refractivity contribution in [2.75, 3.05) is 13.7 Å². The van der Waals surface area contributed by atoms with E-state index in [2.05, 4.69) is 11.6 Å². The molecule has 0 saturated carbocycles. The molecule has 7 heteroatoms. The van der Waals surface area contributed by atoms with Crippen molar-refractivity contribution in [3.63, 3.8) is 0 Å². The molecule has 0 saturated heterocycles. The van der Waals surface area contributed by atoms with Gasteiger partial charge in [-0.2, -0.15) is 0 Å². The second-order valence-electron chi connectivity index (χ2n) is 6.63. The monoisotopic (exact) mass is 397 g/mol. The zero-order chi connectivity index (χ0) is 20.3. The maximum atomic E-state index is 12.7. The smallest absolute Gasteiger partial charge is 0.262 e. The topological polar surface area (TPSA) is 64.4 Å². The molecule has 0 fully saturated rings. The van der Waals surface area contributed by atoms with E-state index in [9.17, 15) is 9.59 Å². The van der Waals surface area contributed by atoms with Gasteiger partial charge in [0.2, 0.25) is 5.91 Å². The van der Waals surface area contributed by atoms with Crippen molar-refractivity contribution in [1.82, 2.24) is 14.5 Å². The van der Waals surface area contributed by atoms with Crippen molar-refractivity contribution < 1.29 is 9.53 Å². The summed E-state index contributed by atoms with van der Waals surface area (Å²) in [4.78, 5) is 33.1. The number of amides is 1. The number of thiophene rings is 1. The summed E-state index contributed by atoms with van der Waals surface area (Å²) in [5.41, 5.74) is 1.75. The molecule has 28 heavy (non-hydrogen) atoms. The van der Waals surface area contributed by atoms with Gasteiger partial charge in [-0.25, -0.2) is 4.98 Å². The van der Waals surface area contributed by atoms with Crippen LogP contribution < -0.4 is 10.3 Å². The van der Waals surface area contributed by atoms with E-state index < -0.39 is 0 Å². The number of aromatic nitrogens is 2. The Kier molecular flexibility index (Phi) is 5.94. The van der Waals surface area contributed by atoms with Gasteiger partial charge in [-0.1, -0.05) is 24.8 Å². The minimum atomic E-state index is -0.169. The van der Waals surface area contributed by atoms with Gasteiger partial charge in [0.05, 0.1) is 11.7 Å². The summed E-state index contributed by atoms with van der Waals surface area (Å²) < 4.78 is 6.84. The number of carbonyl (C=O) groups excluding carboxylic acids is 1. The molecule has 3 rings (SSSR count). The van der Waals surface area contributed by atoms with Gasteiger partial charge in [0, 0.05) is 18.5 Å². The third-order valence-electron chi connectivity index (χ3n) is 4.60. The zero-order valence-corrected chi connectivity index (χ0v) is 17.1. The van der Waals surface area contributed by atoms with Crippen LogP contribution in [-0.2, 0) is 17.9 Å². The van der Waals surface area contributed by atoms with E-state index in [4.69, 9.17) is 4.74 Å². The summed E-state index contributed by atoms with van der Waals surface area (Å²) >= 11 is 1.50. The number of likely N-dealkylation sites (N-methyl/N-ethyl adjacent to an activating group) is 1. The molecule has 0 bridgehead atoms. The Morgan fingerprint density at radius 3 is 2.71 bits per heavy atom. The predicted molar refractivity (Wildman–Crippen MR) is 112 cm³/mol. The highest BCUT2D eigenvalue weighted by atomic mass is 32.1. The number of ether oxygens (including phenoxy) is 1. The first-order chi connectivity index (χ1) is 13.4. The molecule has 0 N–H and O–H groups in total. The van der Waals surface area contributed by atoms with E-state index in [1.165, 1.54) is 22.2 Å². The lowest BCUT2D eigenvalue weighted by atomic mass is 10.2.